The average Bonchev–Trinajstić information content (AvgIpc) is 2.82. The van der Waals surface area contributed by atoms with Crippen LogP contribution in [0.25, 0.3) is 0 Å². The fourth-order valence-electron chi connectivity index (χ4n) is 4.41. The first kappa shape index (κ1) is 21.8. The van der Waals surface area contributed by atoms with Gasteiger partial charge in [0, 0.05) is 61.5 Å². The van der Waals surface area contributed by atoms with Crippen molar-refractivity contribution in [3.8, 4) is 11.5 Å². The van der Waals surface area contributed by atoms with Crippen molar-refractivity contribution in [3.05, 3.63) is 95.7 Å². The smallest absolute Gasteiger partial charge is 0.119 e. The van der Waals surface area contributed by atoms with Crippen LogP contribution in [0.1, 0.15) is 46.7 Å². The van der Waals surface area contributed by atoms with Crippen LogP contribution in [0.3, 0.4) is 0 Å². The molecule has 6 nitrogen and oxygen atoms in total. The molecule has 1 aromatic heterocycles. The highest BCUT2D eigenvalue weighted by Gasteiger charge is 2.20. The van der Waals surface area contributed by atoms with E-state index in [0.29, 0.717) is 0 Å². The highest BCUT2D eigenvalue weighted by atomic mass is 16.3. The number of phenols is 2. The summed E-state index contributed by atoms with van der Waals surface area (Å²) >= 11 is 0. The summed E-state index contributed by atoms with van der Waals surface area (Å²) in [5.41, 5.74) is 5.50. The lowest BCUT2D eigenvalue weighted by Crippen LogP contribution is -2.30. The highest BCUT2D eigenvalue weighted by Crippen LogP contribution is 2.37. The zero-order chi connectivity index (χ0) is 22.3. The van der Waals surface area contributed by atoms with Gasteiger partial charge in [0.05, 0.1) is 0 Å². The largest absolute Gasteiger partial charge is 0.508 e. The summed E-state index contributed by atoms with van der Waals surface area (Å²) in [6.45, 7) is 7.24. The summed E-state index contributed by atoms with van der Waals surface area (Å²) in [7, 11) is 0. The van der Waals surface area contributed by atoms with E-state index in [9.17, 15) is 10.2 Å². The first-order chi connectivity index (χ1) is 15.6. The fourth-order valence-corrected chi connectivity index (χ4v) is 4.41. The third-order valence-electron chi connectivity index (χ3n) is 6.07. The molecule has 2 heterocycles. The maximum absolute atomic E-state index is 10.5. The lowest BCUT2D eigenvalue weighted by atomic mass is 9.86. The van der Waals surface area contributed by atoms with Gasteiger partial charge >= 0.3 is 0 Å². The highest BCUT2D eigenvalue weighted by molar-refractivity contribution is 5.45. The number of hydrogen-bond donors (Lipinski definition) is 3. The molecule has 2 aromatic carbocycles. The van der Waals surface area contributed by atoms with Crippen LogP contribution in [0.2, 0.25) is 0 Å². The molecule has 1 aliphatic rings. The van der Waals surface area contributed by atoms with Crippen LogP contribution in [-0.2, 0) is 19.5 Å². The molecule has 6 heteroatoms. The molecule has 0 aliphatic carbocycles. The molecule has 3 aromatic rings. The zero-order valence-electron chi connectivity index (χ0n) is 18.2. The van der Waals surface area contributed by atoms with Gasteiger partial charge in [-0.3, -0.25) is 4.90 Å². The molecule has 0 radical (unpaired) electrons. The minimum atomic E-state index is 0.00165. The Labute approximate surface area is 189 Å². The van der Waals surface area contributed by atoms with Gasteiger partial charge in [-0.2, -0.15) is 0 Å². The van der Waals surface area contributed by atoms with E-state index in [4.69, 9.17) is 0 Å². The van der Waals surface area contributed by atoms with Gasteiger partial charge in [0.15, 0.2) is 0 Å². The zero-order valence-corrected chi connectivity index (χ0v) is 18.2. The van der Waals surface area contributed by atoms with Crippen LogP contribution in [0, 0.1) is 0 Å². The van der Waals surface area contributed by atoms with Crippen LogP contribution in [0.5, 0.6) is 11.5 Å². The number of nitrogens with zero attached hydrogens (tertiary/aromatic N) is 3. The number of benzene rings is 2. The molecule has 0 bridgehead atoms. The van der Waals surface area contributed by atoms with Crippen LogP contribution in [-0.4, -0.2) is 38.2 Å². The molecule has 32 heavy (non-hydrogen) atoms. The maximum Gasteiger partial charge on any atom is 0.119 e. The summed E-state index contributed by atoms with van der Waals surface area (Å²) in [5.74, 6) is 0.377. The van der Waals surface area contributed by atoms with Crippen LogP contribution < -0.4 is 5.32 Å². The average molecular weight is 431 g/mol. The van der Waals surface area contributed by atoms with Gasteiger partial charge in [-0.05, 0) is 48.4 Å². The summed E-state index contributed by atoms with van der Waals surface area (Å²) in [4.78, 5) is 11.0. The second-order valence-electron chi connectivity index (χ2n) is 8.29. The number of fused-ring (bicyclic) bond motifs is 1. The lowest BCUT2D eigenvalue weighted by Gasteiger charge is -2.28. The SMILES string of the molecule is C=CNCCCC(c1ccc(CN2CCc3ncncc3C2)cc1)c1cc(O)ccc1O. The Balaban J connectivity index is 1.49. The molecule has 4 rings (SSSR count). The normalized spacial score (nSPS) is 14.5. The van der Waals surface area contributed by atoms with Crippen molar-refractivity contribution >= 4 is 0 Å². The minimum absolute atomic E-state index is 0.00165. The monoisotopic (exact) mass is 430 g/mol. The van der Waals surface area contributed by atoms with Gasteiger partial charge in [-0.25, -0.2) is 9.97 Å². The van der Waals surface area contributed by atoms with Gasteiger partial charge in [0.2, 0.25) is 0 Å². The van der Waals surface area contributed by atoms with Crippen molar-refractivity contribution in [2.24, 2.45) is 0 Å². The van der Waals surface area contributed by atoms with E-state index in [2.05, 4.69) is 51.0 Å². The van der Waals surface area contributed by atoms with Crippen LogP contribution >= 0.6 is 0 Å². The van der Waals surface area contributed by atoms with Crippen molar-refractivity contribution in [2.75, 3.05) is 13.1 Å². The topological polar surface area (TPSA) is 81.5 Å². The number of nitrogens with one attached hydrogen (secondary N) is 1. The van der Waals surface area contributed by atoms with Crippen LogP contribution in [0.4, 0.5) is 0 Å². The molecular formula is C26H30N4O2. The summed E-state index contributed by atoms with van der Waals surface area (Å²) < 4.78 is 0. The van der Waals surface area contributed by atoms with Gasteiger partial charge in [0.1, 0.15) is 17.8 Å². The van der Waals surface area contributed by atoms with E-state index >= 15 is 0 Å². The number of phenolic OH excluding ortho intramolecular Hbond substituents is 2. The molecule has 0 saturated carbocycles. The molecule has 1 aliphatic heterocycles. The predicted molar refractivity (Wildman–Crippen MR) is 125 cm³/mol. The summed E-state index contributed by atoms with van der Waals surface area (Å²) in [5, 5.41) is 23.6. The molecule has 1 atom stereocenters. The van der Waals surface area contributed by atoms with Crippen LogP contribution in [0.15, 0.2) is 67.8 Å². The standard InChI is InChI=1S/C26H30N4O2/c1-2-27-12-3-4-23(24-14-22(31)9-10-26(24)32)20-7-5-19(6-8-20)16-30-13-11-25-21(17-30)15-28-18-29-25/h2,5-10,14-15,18,23,27,31-32H,1,3-4,11-13,16-17H2. The molecule has 0 saturated heterocycles. The van der Waals surface area contributed by atoms with Crippen molar-refractivity contribution < 1.29 is 10.2 Å². The Morgan fingerprint density at radius 2 is 2.00 bits per heavy atom. The van der Waals surface area contributed by atoms with E-state index in [1.165, 1.54) is 17.2 Å². The van der Waals surface area contributed by atoms with Gasteiger partial charge in [-0.15, -0.1) is 0 Å². The van der Waals surface area contributed by atoms with E-state index in [1.54, 1.807) is 24.7 Å². The Bertz CT molecular complexity index is 1050. The van der Waals surface area contributed by atoms with Gasteiger partial charge in [0.25, 0.3) is 0 Å². The number of rotatable bonds is 9. The van der Waals surface area contributed by atoms with Crippen molar-refractivity contribution in [2.45, 2.75) is 38.3 Å². The lowest BCUT2D eigenvalue weighted by molar-refractivity contribution is 0.243. The van der Waals surface area contributed by atoms with Crippen molar-refractivity contribution in [1.29, 1.82) is 0 Å². The summed E-state index contributed by atoms with van der Waals surface area (Å²) in [6.07, 6.45) is 7.96. The molecule has 0 spiro atoms. The van der Waals surface area contributed by atoms with Crippen molar-refractivity contribution in [3.63, 3.8) is 0 Å². The Hall–Kier alpha value is -3.38. The molecular weight excluding hydrogens is 400 g/mol. The van der Waals surface area contributed by atoms with E-state index in [1.807, 2.05) is 6.20 Å². The number of hydrogen-bond acceptors (Lipinski definition) is 6. The van der Waals surface area contributed by atoms with E-state index in [-0.39, 0.29) is 17.4 Å². The first-order valence-electron chi connectivity index (χ1n) is 11.1. The first-order valence-corrected chi connectivity index (χ1v) is 11.1. The molecule has 1 unspecified atom stereocenters. The molecule has 0 fully saturated rings. The van der Waals surface area contributed by atoms with Gasteiger partial charge in [-0.1, -0.05) is 30.8 Å². The maximum atomic E-state index is 10.5. The predicted octanol–water partition coefficient (Wildman–Crippen LogP) is 4.09. The van der Waals surface area contributed by atoms with E-state index < -0.39 is 0 Å². The van der Waals surface area contributed by atoms with E-state index in [0.717, 1.165) is 62.3 Å². The molecule has 0 amide bonds. The Morgan fingerprint density at radius 3 is 2.81 bits per heavy atom. The Kier molecular flexibility index (Phi) is 7.02. The second-order valence-corrected chi connectivity index (χ2v) is 8.29. The van der Waals surface area contributed by atoms with Gasteiger partial charge < -0.3 is 15.5 Å². The minimum Gasteiger partial charge on any atom is -0.508 e. The molecule has 166 valence electrons. The second kappa shape index (κ2) is 10.3. The number of aromatic hydroxyl groups is 2. The number of aromatic nitrogens is 2. The Morgan fingerprint density at radius 1 is 1.16 bits per heavy atom. The quantitative estimate of drug-likeness (QED) is 0.350. The fraction of sp³-hybridized carbons (Fsp3) is 0.308. The molecule has 3 N–H and O–H groups in total. The van der Waals surface area contributed by atoms with Crippen molar-refractivity contribution in [1.82, 2.24) is 20.2 Å². The summed E-state index contributed by atoms with van der Waals surface area (Å²) in [6, 6.07) is 13.4. The third-order valence-corrected chi connectivity index (χ3v) is 6.07. The third kappa shape index (κ3) is 5.26.